The van der Waals surface area contributed by atoms with Crippen molar-refractivity contribution in [2.45, 2.75) is 13.0 Å². The van der Waals surface area contributed by atoms with Gasteiger partial charge in [-0.2, -0.15) is 0 Å². The molecule has 3 rings (SSSR count). The highest BCUT2D eigenvalue weighted by atomic mass is 16.5. The number of fused-ring (bicyclic) bond motifs is 1. The highest BCUT2D eigenvalue weighted by molar-refractivity contribution is 5.80. The van der Waals surface area contributed by atoms with Crippen LogP contribution in [-0.4, -0.2) is 29.9 Å². The van der Waals surface area contributed by atoms with Crippen molar-refractivity contribution in [3.8, 4) is 5.75 Å². The maximum Gasteiger partial charge on any atom is 0.227 e. The summed E-state index contributed by atoms with van der Waals surface area (Å²) in [6.07, 6.45) is 2.15. The molecule has 0 N–H and O–H groups in total. The number of amides is 1. The number of likely N-dealkylation sites (N-methyl/N-ethyl adjacent to an activating group) is 1. The third-order valence-corrected chi connectivity index (χ3v) is 4.03. The average Bonchev–Trinajstić information content (AvgIpc) is 2.62. The van der Waals surface area contributed by atoms with Crippen LogP contribution >= 0.6 is 0 Å². The lowest BCUT2D eigenvalue weighted by atomic mass is 10.1. The summed E-state index contributed by atoms with van der Waals surface area (Å²) < 4.78 is 5.31. The number of methoxy groups -OCH3 is 1. The number of hydrogen-bond donors (Lipinski definition) is 0. The van der Waals surface area contributed by atoms with E-state index in [1.165, 1.54) is 0 Å². The second-order valence-electron chi connectivity index (χ2n) is 5.77. The van der Waals surface area contributed by atoms with Gasteiger partial charge in [0, 0.05) is 30.7 Å². The van der Waals surface area contributed by atoms with Gasteiger partial charge in [0.05, 0.1) is 19.0 Å². The minimum Gasteiger partial charge on any atom is -0.496 e. The Morgan fingerprint density at radius 2 is 1.88 bits per heavy atom. The van der Waals surface area contributed by atoms with Crippen LogP contribution in [0.25, 0.3) is 10.9 Å². The van der Waals surface area contributed by atoms with Gasteiger partial charge in [0.15, 0.2) is 0 Å². The molecule has 1 amide bonds. The topological polar surface area (TPSA) is 42.4 Å². The molecule has 1 heterocycles. The summed E-state index contributed by atoms with van der Waals surface area (Å²) in [7, 11) is 3.43. The first-order valence-corrected chi connectivity index (χ1v) is 7.87. The third-order valence-electron chi connectivity index (χ3n) is 4.03. The summed E-state index contributed by atoms with van der Waals surface area (Å²) in [5.74, 6) is 0.791. The molecule has 0 aliphatic rings. The van der Waals surface area contributed by atoms with Gasteiger partial charge in [0.1, 0.15) is 5.75 Å². The number of pyridine rings is 1. The molecule has 4 heteroatoms. The summed E-state index contributed by atoms with van der Waals surface area (Å²) in [6.45, 7) is 0.534. The highest BCUT2D eigenvalue weighted by Gasteiger charge is 2.13. The fraction of sp³-hybridized carbons (Fsp3) is 0.200. The van der Waals surface area contributed by atoms with E-state index in [9.17, 15) is 4.79 Å². The fourth-order valence-corrected chi connectivity index (χ4v) is 2.71. The van der Waals surface area contributed by atoms with Crippen molar-refractivity contribution < 1.29 is 9.53 Å². The van der Waals surface area contributed by atoms with Crippen LogP contribution in [0.4, 0.5) is 0 Å². The van der Waals surface area contributed by atoms with Crippen LogP contribution in [0.3, 0.4) is 0 Å². The summed E-state index contributed by atoms with van der Waals surface area (Å²) in [5, 5.41) is 1.08. The Bertz CT molecular complexity index is 861. The minimum atomic E-state index is 0.0488. The van der Waals surface area contributed by atoms with E-state index in [2.05, 4.69) is 11.1 Å². The lowest BCUT2D eigenvalue weighted by molar-refractivity contribution is -0.129. The molecule has 122 valence electrons. The molecule has 0 bridgehead atoms. The molecule has 24 heavy (non-hydrogen) atoms. The Hall–Kier alpha value is -2.88. The van der Waals surface area contributed by atoms with Gasteiger partial charge < -0.3 is 9.64 Å². The molecule has 0 aliphatic carbocycles. The molecule has 0 radical (unpaired) electrons. The van der Waals surface area contributed by atoms with Gasteiger partial charge in [-0.1, -0.05) is 36.4 Å². The van der Waals surface area contributed by atoms with Crippen LogP contribution in [0.15, 0.2) is 60.8 Å². The number of aromatic nitrogens is 1. The van der Waals surface area contributed by atoms with E-state index in [4.69, 9.17) is 4.74 Å². The molecule has 0 spiro atoms. The van der Waals surface area contributed by atoms with E-state index in [0.717, 1.165) is 27.8 Å². The van der Waals surface area contributed by atoms with Crippen molar-refractivity contribution in [2.75, 3.05) is 14.2 Å². The van der Waals surface area contributed by atoms with E-state index in [0.29, 0.717) is 13.0 Å². The maximum atomic E-state index is 12.5. The van der Waals surface area contributed by atoms with E-state index >= 15 is 0 Å². The number of ether oxygens (including phenoxy) is 1. The first-order valence-electron chi connectivity index (χ1n) is 7.87. The van der Waals surface area contributed by atoms with Crippen LogP contribution < -0.4 is 4.74 Å². The van der Waals surface area contributed by atoms with Crippen molar-refractivity contribution in [3.63, 3.8) is 0 Å². The zero-order valence-electron chi connectivity index (χ0n) is 13.9. The number of hydrogen-bond acceptors (Lipinski definition) is 3. The van der Waals surface area contributed by atoms with Gasteiger partial charge >= 0.3 is 0 Å². The Labute approximate surface area is 141 Å². The van der Waals surface area contributed by atoms with Gasteiger partial charge in [-0.15, -0.1) is 0 Å². The van der Waals surface area contributed by atoms with E-state index in [-0.39, 0.29) is 5.91 Å². The van der Waals surface area contributed by atoms with Crippen molar-refractivity contribution in [2.24, 2.45) is 0 Å². The SMILES string of the molecule is COc1ccccc1CC(=O)N(C)Cc1cnc2ccccc2c1. The molecule has 0 atom stereocenters. The summed E-state index contributed by atoms with van der Waals surface area (Å²) in [4.78, 5) is 18.7. The monoisotopic (exact) mass is 320 g/mol. The molecular formula is C20H20N2O2. The number of benzene rings is 2. The van der Waals surface area contributed by atoms with Crippen molar-refractivity contribution in [1.29, 1.82) is 0 Å². The largest absolute Gasteiger partial charge is 0.496 e. The normalized spacial score (nSPS) is 10.6. The standard InChI is InChI=1S/C20H20N2O2/c1-22(20(23)12-17-8-4-6-10-19(17)24-2)14-15-11-16-7-3-5-9-18(16)21-13-15/h3-11,13H,12,14H2,1-2H3. The molecule has 1 aromatic heterocycles. The summed E-state index contributed by atoms with van der Waals surface area (Å²) in [5.41, 5.74) is 2.88. The molecule has 0 unspecified atom stereocenters. The van der Waals surface area contributed by atoms with Gasteiger partial charge in [-0.05, 0) is 23.8 Å². The lowest BCUT2D eigenvalue weighted by Gasteiger charge is -2.18. The number of nitrogens with zero attached hydrogens (tertiary/aromatic N) is 2. The summed E-state index contributed by atoms with van der Waals surface area (Å²) >= 11 is 0. The third kappa shape index (κ3) is 3.54. The first-order chi connectivity index (χ1) is 11.7. The quantitative estimate of drug-likeness (QED) is 0.723. The van der Waals surface area contributed by atoms with Crippen molar-refractivity contribution >= 4 is 16.8 Å². The molecular weight excluding hydrogens is 300 g/mol. The smallest absolute Gasteiger partial charge is 0.227 e. The van der Waals surface area contributed by atoms with E-state index in [1.54, 1.807) is 12.0 Å². The second kappa shape index (κ2) is 7.13. The van der Waals surface area contributed by atoms with E-state index in [1.807, 2.05) is 61.8 Å². The van der Waals surface area contributed by atoms with Crippen molar-refractivity contribution in [1.82, 2.24) is 9.88 Å². The van der Waals surface area contributed by atoms with Gasteiger partial charge in [-0.3, -0.25) is 9.78 Å². The van der Waals surface area contributed by atoms with E-state index < -0.39 is 0 Å². The Morgan fingerprint density at radius 1 is 1.12 bits per heavy atom. The van der Waals surface area contributed by atoms with Crippen LogP contribution in [0.2, 0.25) is 0 Å². The van der Waals surface area contributed by atoms with Gasteiger partial charge in [-0.25, -0.2) is 0 Å². The average molecular weight is 320 g/mol. The predicted molar refractivity (Wildman–Crippen MR) is 94.9 cm³/mol. The number of carbonyl (C=O) groups excluding carboxylic acids is 1. The van der Waals surface area contributed by atoms with Crippen molar-refractivity contribution in [3.05, 3.63) is 71.9 Å². The van der Waals surface area contributed by atoms with Gasteiger partial charge in [0.2, 0.25) is 5.91 Å². The number of carbonyl (C=O) groups is 1. The second-order valence-corrected chi connectivity index (χ2v) is 5.77. The number of rotatable bonds is 5. The minimum absolute atomic E-state index is 0.0488. The van der Waals surface area contributed by atoms with Crippen LogP contribution in [-0.2, 0) is 17.8 Å². The maximum absolute atomic E-state index is 12.5. The number of para-hydroxylation sites is 2. The molecule has 2 aromatic carbocycles. The zero-order chi connectivity index (χ0) is 16.9. The molecule has 4 nitrogen and oxygen atoms in total. The van der Waals surface area contributed by atoms with Crippen LogP contribution in [0.5, 0.6) is 5.75 Å². The predicted octanol–water partition coefficient (Wildman–Crippen LogP) is 3.44. The fourth-order valence-electron chi connectivity index (χ4n) is 2.71. The van der Waals surface area contributed by atoms with Crippen LogP contribution in [0.1, 0.15) is 11.1 Å². The molecule has 0 saturated heterocycles. The van der Waals surface area contributed by atoms with Crippen LogP contribution in [0, 0.1) is 0 Å². The highest BCUT2D eigenvalue weighted by Crippen LogP contribution is 2.19. The molecule has 3 aromatic rings. The zero-order valence-corrected chi connectivity index (χ0v) is 13.9. The van der Waals surface area contributed by atoms with Gasteiger partial charge in [0.25, 0.3) is 0 Å². The lowest BCUT2D eigenvalue weighted by Crippen LogP contribution is -2.27. The molecule has 0 aliphatic heterocycles. The Kier molecular flexibility index (Phi) is 4.75. The molecule has 0 fully saturated rings. The summed E-state index contributed by atoms with van der Waals surface area (Å²) in [6, 6.07) is 17.7. The Morgan fingerprint density at radius 3 is 2.71 bits per heavy atom. The Balaban J connectivity index is 1.71. The first kappa shape index (κ1) is 16.0. The molecule has 0 saturated carbocycles.